The van der Waals surface area contributed by atoms with Crippen molar-refractivity contribution < 1.29 is 4.74 Å². The minimum Gasteiger partial charge on any atom is -0.493 e. The van der Waals surface area contributed by atoms with Gasteiger partial charge < -0.3 is 10.1 Å². The fourth-order valence-electron chi connectivity index (χ4n) is 2.63. The minimum absolute atomic E-state index is 0.131. The van der Waals surface area contributed by atoms with Crippen LogP contribution in [-0.4, -0.2) is 19.7 Å². The van der Waals surface area contributed by atoms with Crippen LogP contribution in [0.5, 0.6) is 5.75 Å². The molecular formula is C17H27NO. The first kappa shape index (κ1) is 14.4. The van der Waals surface area contributed by atoms with E-state index in [4.69, 9.17) is 4.74 Å². The second-order valence-electron chi connectivity index (χ2n) is 6.77. The first-order valence-electron chi connectivity index (χ1n) is 7.41. The molecule has 0 aromatic heterocycles. The summed E-state index contributed by atoms with van der Waals surface area (Å²) in [5.41, 5.74) is 2.75. The molecule has 1 aromatic rings. The molecule has 0 unspecified atom stereocenters. The molecule has 1 N–H and O–H groups in total. The Balaban J connectivity index is 2.06. The molecule has 0 saturated carbocycles. The Kier molecular flexibility index (Phi) is 4.51. The zero-order valence-electron chi connectivity index (χ0n) is 12.8. The number of hydrogen-bond acceptors (Lipinski definition) is 2. The SMILES string of the molecule is Cc1ccc(OC[C@H]2CCCNC2)c(C(C)(C)C)c1. The Morgan fingerprint density at radius 1 is 1.32 bits per heavy atom. The van der Waals surface area contributed by atoms with Gasteiger partial charge in [-0.2, -0.15) is 0 Å². The van der Waals surface area contributed by atoms with E-state index >= 15 is 0 Å². The minimum atomic E-state index is 0.131. The zero-order chi connectivity index (χ0) is 13.9. The van der Waals surface area contributed by atoms with E-state index in [0.717, 1.165) is 25.4 Å². The van der Waals surface area contributed by atoms with Gasteiger partial charge in [-0.3, -0.25) is 0 Å². The molecule has 1 aliphatic rings. The summed E-state index contributed by atoms with van der Waals surface area (Å²) in [5, 5.41) is 3.45. The summed E-state index contributed by atoms with van der Waals surface area (Å²) >= 11 is 0. The maximum atomic E-state index is 6.12. The molecule has 2 nitrogen and oxygen atoms in total. The largest absolute Gasteiger partial charge is 0.493 e. The molecule has 0 aliphatic carbocycles. The number of benzene rings is 1. The van der Waals surface area contributed by atoms with E-state index in [2.05, 4.69) is 51.2 Å². The van der Waals surface area contributed by atoms with Crippen LogP contribution in [0.25, 0.3) is 0 Å². The van der Waals surface area contributed by atoms with Crippen LogP contribution >= 0.6 is 0 Å². The van der Waals surface area contributed by atoms with Crippen molar-refractivity contribution in [3.63, 3.8) is 0 Å². The van der Waals surface area contributed by atoms with Crippen LogP contribution in [-0.2, 0) is 5.41 Å². The van der Waals surface area contributed by atoms with E-state index in [9.17, 15) is 0 Å². The maximum absolute atomic E-state index is 6.12. The van der Waals surface area contributed by atoms with Gasteiger partial charge in [-0.05, 0) is 43.4 Å². The Morgan fingerprint density at radius 3 is 2.74 bits per heavy atom. The third kappa shape index (κ3) is 3.97. The summed E-state index contributed by atoms with van der Waals surface area (Å²) in [6.45, 7) is 12.0. The third-order valence-electron chi connectivity index (χ3n) is 3.82. The number of hydrogen-bond donors (Lipinski definition) is 1. The molecule has 1 aliphatic heterocycles. The Hall–Kier alpha value is -1.02. The Labute approximate surface area is 117 Å². The van der Waals surface area contributed by atoms with E-state index in [0.29, 0.717) is 5.92 Å². The highest BCUT2D eigenvalue weighted by atomic mass is 16.5. The van der Waals surface area contributed by atoms with Gasteiger partial charge in [-0.15, -0.1) is 0 Å². The van der Waals surface area contributed by atoms with Crippen LogP contribution in [0, 0.1) is 12.8 Å². The molecule has 0 bridgehead atoms. The van der Waals surface area contributed by atoms with Gasteiger partial charge in [-0.1, -0.05) is 38.5 Å². The smallest absolute Gasteiger partial charge is 0.123 e. The zero-order valence-corrected chi connectivity index (χ0v) is 12.8. The van der Waals surface area contributed by atoms with E-state index in [-0.39, 0.29) is 5.41 Å². The van der Waals surface area contributed by atoms with Gasteiger partial charge in [0.15, 0.2) is 0 Å². The molecule has 0 radical (unpaired) electrons. The second kappa shape index (κ2) is 5.96. The second-order valence-corrected chi connectivity index (χ2v) is 6.77. The van der Waals surface area contributed by atoms with Crippen LogP contribution < -0.4 is 10.1 Å². The lowest BCUT2D eigenvalue weighted by atomic mass is 9.85. The number of nitrogens with one attached hydrogen (secondary N) is 1. The molecule has 0 spiro atoms. The van der Waals surface area contributed by atoms with Crippen molar-refractivity contribution in [2.24, 2.45) is 5.92 Å². The average molecular weight is 261 g/mol. The molecule has 1 fully saturated rings. The van der Waals surface area contributed by atoms with Crippen LogP contribution in [0.3, 0.4) is 0 Å². The van der Waals surface area contributed by atoms with Crippen LogP contribution in [0.15, 0.2) is 18.2 Å². The highest BCUT2D eigenvalue weighted by Crippen LogP contribution is 2.32. The highest BCUT2D eigenvalue weighted by molar-refractivity contribution is 5.41. The lowest BCUT2D eigenvalue weighted by molar-refractivity contribution is 0.215. The average Bonchev–Trinajstić information content (AvgIpc) is 2.37. The van der Waals surface area contributed by atoms with Crippen molar-refractivity contribution in [1.82, 2.24) is 5.32 Å². The number of rotatable bonds is 3. The topological polar surface area (TPSA) is 21.3 Å². The number of ether oxygens (including phenoxy) is 1. The summed E-state index contributed by atoms with van der Waals surface area (Å²) in [7, 11) is 0. The lowest BCUT2D eigenvalue weighted by Crippen LogP contribution is -2.33. The van der Waals surface area contributed by atoms with Crippen molar-refractivity contribution >= 4 is 0 Å². The van der Waals surface area contributed by atoms with Gasteiger partial charge in [-0.25, -0.2) is 0 Å². The monoisotopic (exact) mass is 261 g/mol. The standard InChI is InChI=1S/C17H27NO/c1-13-7-8-16(15(10-13)17(2,3)4)19-12-14-6-5-9-18-11-14/h7-8,10,14,18H,5-6,9,11-12H2,1-4H3/t14-/m0/s1. The molecule has 0 amide bonds. The van der Waals surface area contributed by atoms with Crippen LogP contribution in [0.2, 0.25) is 0 Å². The summed E-state index contributed by atoms with van der Waals surface area (Å²) in [6, 6.07) is 6.53. The molecule has 1 heterocycles. The van der Waals surface area contributed by atoms with Crippen LogP contribution in [0.1, 0.15) is 44.7 Å². The molecule has 2 rings (SSSR count). The van der Waals surface area contributed by atoms with E-state index < -0.39 is 0 Å². The van der Waals surface area contributed by atoms with Gasteiger partial charge in [0.1, 0.15) is 5.75 Å². The molecule has 1 aromatic carbocycles. The lowest BCUT2D eigenvalue weighted by Gasteiger charge is -2.26. The molecule has 1 atom stereocenters. The predicted molar refractivity (Wildman–Crippen MR) is 81.0 cm³/mol. The van der Waals surface area contributed by atoms with E-state index in [1.165, 1.54) is 24.0 Å². The Bertz CT molecular complexity index is 414. The van der Waals surface area contributed by atoms with Crippen molar-refractivity contribution in [3.05, 3.63) is 29.3 Å². The van der Waals surface area contributed by atoms with E-state index in [1.54, 1.807) is 0 Å². The van der Waals surface area contributed by atoms with Gasteiger partial charge in [0.05, 0.1) is 6.61 Å². The van der Waals surface area contributed by atoms with Crippen molar-refractivity contribution in [3.8, 4) is 5.75 Å². The first-order valence-corrected chi connectivity index (χ1v) is 7.41. The fourth-order valence-corrected chi connectivity index (χ4v) is 2.63. The summed E-state index contributed by atoms with van der Waals surface area (Å²) in [5.74, 6) is 1.71. The summed E-state index contributed by atoms with van der Waals surface area (Å²) in [4.78, 5) is 0. The predicted octanol–water partition coefficient (Wildman–Crippen LogP) is 3.67. The summed E-state index contributed by atoms with van der Waals surface area (Å²) in [6.07, 6.45) is 2.55. The Morgan fingerprint density at radius 2 is 2.11 bits per heavy atom. The third-order valence-corrected chi connectivity index (χ3v) is 3.82. The number of piperidine rings is 1. The van der Waals surface area contributed by atoms with Gasteiger partial charge in [0.25, 0.3) is 0 Å². The highest BCUT2D eigenvalue weighted by Gasteiger charge is 2.20. The van der Waals surface area contributed by atoms with Gasteiger partial charge >= 0.3 is 0 Å². The summed E-state index contributed by atoms with van der Waals surface area (Å²) < 4.78 is 6.12. The normalized spacial score (nSPS) is 20.3. The molecular weight excluding hydrogens is 234 g/mol. The van der Waals surface area contributed by atoms with Crippen molar-refractivity contribution in [2.45, 2.75) is 46.0 Å². The van der Waals surface area contributed by atoms with E-state index in [1.807, 2.05) is 0 Å². The fraction of sp³-hybridized carbons (Fsp3) is 0.647. The quantitative estimate of drug-likeness (QED) is 0.896. The number of aryl methyl sites for hydroxylation is 1. The van der Waals surface area contributed by atoms with Gasteiger partial charge in [0.2, 0.25) is 0 Å². The molecule has 106 valence electrons. The molecule has 19 heavy (non-hydrogen) atoms. The van der Waals surface area contributed by atoms with Crippen molar-refractivity contribution in [1.29, 1.82) is 0 Å². The van der Waals surface area contributed by atoms with Crippen LogP contribution in [0.4, 0.5) is 0 Å². The molecule has 2 heteroatoms. The van der Waals surface area contributed by atoms with Crippen molar-refractivity contribution in [2.75, 3.05) is 19.7 Å². The van der Waals surface area contributed by atoms with Gasteiger partial charge in [0, 0.05) is 12.5 Å². The first-order chi connectivity index (χ1) is 8.97. The molecule has 1 saturated heterocycles. The maximum Gasteiger partial charge on any atom is 0.123 e.